The molecule has 4 aliphatic heterocycles. The summed E-state index contributed by atoms with van der Waals surface area (Å²) in [5.74, 6) is 2.49. The van der Waals surface area contributed by atoms with E-state index in [4.69, 9.17) is 19.7 Å². The average molecular weight is 847 g/mol. The molecule has 4 fully saturated rings. The molecule has 0 radical (unpaired) electrons. The monoisotopic (exact) mass is 846 g/mol. The van der Waals surface area contributed by atoms with Crippen molar-refractivity contribution in [2.24, 2.45) is 0 Å². The summed E-state index contributed by atoms with van der Waals surface area (Å²) < 4.78 is 55.1. The number of hydrogen-bond donors (Lipinski definition) is 1. The highest BCUT2D eigenvalue weighted by atomic mass is 28.3. The maximum absolute atomic E-state index is 17.6. The van der Waals surface area contributed by atoms with Gasteiger partial charge in [0.2, 0.25) is 0 Å². The molecule has 0 aliphatic carbocycles. The largest absolute Gasteiger partial charge is 0.508 e. The van der Waals surface area contributed by atoms with Crippen LogP contribution in [0.25, 0.3) is 32.9 Å². The van der Waals surface area contributed by atoms with Gasteiger partial charge in [0.25, 0.3) is 0 Å². The van der Waals surface area contributed by atoms with E-state index in [-0.39, 0.29) is 52.8 Å². The third kappa shape index (κ3) is 7.34. The first-order chi connectivity index (χ1) is 29.3. The van der Waals surface area contributed by atoms with E-state index in [2.05, 4.69) is 92.0 Å². The Morgan fingerprint density at radius 3 is 2.36 bits per heavy atom. The zero-order chi connectivity index (χ0) is 42.8. The third-order valence-electron chi connectivity index (χ3n) is 14.6. The summed E-state index contributed by atoms with van der Waals surface area (Å²) in [6.45, 7) is 16.9. The summed E-state index contributed by atoms with van der Waals surface area (Å²) >= 11 is 0. The molecule has 4 aliphatic rings. The lowest BCUT2D eigenvalue weighted by Crippen LogP contribution is -2.53. The Morgan fingerprint density at radius 1 is 0.934 bits per heavy atom. The highest BCUT2D eigenvalue weighted by molar-refractivity contribution is 6.90. The molecule has 0 saturated carbocycles. The molecule has 5 aromatic rings. The molecule has 320 valence electrons. The van der Waals surface area contributed by atoms with Crippen LogP contribution in [0.15, 0.2) is 60.8 Å². The van der Waals surface area contributed by atoms with Gasteiger partial charge in [-0.25, -0.2) is 13.2 Å². The van der Waals surface area contributed by atoms with Gasteiger partial charge in [-0.3, -0.25) is 14.8 Å². The van der Waals surface area contributed by atoms with Crippen LogP contribution in [0, 0.1) is 23.1 Å². The van der Waals surface area contributed by atoms with Gasteiger partial charge in [0.1, 0.15) is 49.4 Å². The van der Waals surface area contributed by atoms with Gasteiger partial charge in [0.15, 0.2) is 5.82 Å². The van der Waals surface area contributed by atoms with Gasteiger partial charge >= 0.3 is 6.01 Å². The lowest BCUT2D eigenvalue weighted by atomic mass is 9.95. The number of aromatic nitrogens is 3. The van der Waals surface area contributed by atoms with Gasteiger partial charge in [0, 0.05) is 61.8 Å². The Morgan fingerprint density at radius 2 is 1.66 bits per heavy atom. The van der Waals surface area contributed by atoms with E-state index >= 15 is 8.78 Å². The fourth-order valence-corrected chi connectivity index (χ4v) is 16.9. The summed E-state index contributed by atoms with van der Waals surface area (Å²) in [6.07, 6.45) is 4.90. The Labute approximate surface area is 358 Å². The van der Waals surface area contributed by atoms with Gasteiger partial charge in [-0.2, -0.15) is 9.97 Å². The molecule has 0 amide bonds. The van der Waals surface area contributed by atoms with Crippen LogP contribution in [0.4, 0.5) is 19.0 Å². The molecule has 3 aromatic carbocycles. The van der Waals surface area contributed by atoms with E-state index < -0.39 is 31.4 Å². The van der Waals surface area contributed by atoms with E-state index in [1.54, 1.807) is 18.3 Å². The van der Waals surface area contributed by atoms with Crippen LogP contribution >= 0.6 is 0 Å². The summed E-state index contributed by atoms with van der Waals surface area (Å²) in [6, 6.07) is 17.0. The average Bonchev–Trinajstić information content (AvgIpc) is 3.82. The number of phenolic OH excluding ortho intramolecular Hbond substituents is 1. The zero-order valence-electron chi connectivity index (χ0n) is 36.2. The number of aromatic hydroxyl groups is 1. The van der Waals surface area contributed by atoms with Gasteiger partial charge in [-0.1, -0.05) is 83.9 Å². The summed E-state index contributed by atoms with van der Waals surface area (Å²) in [5.41, 5.74) is 5.74. The molecular weight excluding hydrogens is 790 g/mol. The summed E-state index contributed by atoms with van der Waals surface area (Å²) in [4.78, 5) is 21.5. The minimum Gasteiger partial charge on any atom is -0.508 e. The van der Waals surface area contributed by atoms with Crippen molar-refractivity contribution in [3.05, 3.63) is 83.6 Å². The van der Waals surface area contributed by atoms with Crippen LogP contribution in [0.2, 0.25) is 16.6 Å². The Hall–Kier alpha value is -4.70. The number of anilines is 1. The fraction of sp³-hybridized carbons (Fsp3) is 0.490. The predicted molar refractivity (Wildman–Crippen MR) is 239 cm³/mol. The molecule has 61 heavy (non-hydrogen) atoms. The van der Waals surface area contributed by atoms with Crippen LogP contribution in [0.1, 0.15) is 84.8 Å². The van der Waals surface area contributed by atoms with Gasteiger partial charge in [0.05, 0.1) is 16.5 Å². The highest BCUT2D eigenvalue weighted by Crippen LogP contribution is 2.44. The van der Waals surface area contributed by atoms with Crippen molar-refractivity contribution < 1.29 is 23.0 Å². The van der Waals surface area contributed by atoms with Gasteiger partial charge < -0.3 is 14.7 Å². The lowest BCUT2D eigenvalue weighted by Gasteiger charge is -2.42. The Bertz CT molecular complexity index is 2490. The third-order valence-corrected chi connectivity index (χ3v) is 20.9. The number of phenols is 1. The molecule has 6 heterocycles. The molecule has 4 atom stereocenters. The Balaban J connectivity index is 1.17. The number of ether oxygens (including phenoxy) is 1. The molecule has 2 bridgehead atoms. The summed E-state index contributed by atoms with van der Waals surface area (Å²) in [7, 11) is -2.29. The van der Waals surface area contributed by atoms with E-state index in [0.29, 0.717) is 64.7 Å². The number of alkyl halides is 1. The normalized spacial score (nSPS) is 23.1. The second-order valence-electron chi connectivity index (χ2n) is 19.0. The van der Waals surface area contributed by atoms with Crippen LogP contribution < -0.4 is 9.64 Å². The van der Waals surface area contributed by atoms with Crippen molar-refractivity contribution in [1.29, 1.82) is 0 Å². The van der Waals surface area contributed by atoms with Crippen LogP contribution in [-0.2, 0) is 6.54 Å². The minimum atomic E-state index is -2.29. The van der Waals surface area contributed by atoms with Crippen molar-refractivity contribution >= 4 is 35.6 Å². The number of pyridine rings is 1. The molecule has 0 spiro atoms. The van der Waals surface area contributed by atoms with Crippen LogP contribution in [-0.4, -0.2) is 94.5 Å². The number of hydrogen-bond acceptors (Lipinski definition) is 8. The Kier molecular flexibility index (Phi) is 11.1. The maximum atomic E-state index is 17.6. The molecule has 9 rings (SSSR count). The first kappa shape index (κ1) is 41.6. The zero-order valence-corrected chi connectivity index (χ0v) is 37.2. The van der Waals surface area contributed by atoms with E-state index in [1.165, 1.54) is 17.7 Å². The quantitative estimate of drug-likeness (QED) is 0.110. The summed E-state index contributed by atoms with van der Waals surface area (Å²) in [5, 5.41) is 12.4. The molecule has 8 nitrogen and oxygen atoms in total. The second-order valence-corrected chi connectivity index (χ2v) is 24.6. The number of nitrogens with zero attached hydrogens (tertiary/aromatic N) is 6. The van der Waals surface area contributed by atoms with Gasteiger partial charge in [-0.05, 0) is 78.0 Å². The van der Waals surface area contributed by atoms with Crippen molar-refractivity contribution in [2.75, 3.05) is 37.7 Å². The SMILES string of the molecule is CC(C)[Si](C#Cc1c(F)ccc2cc(O)cc(-c3ncc4c(N5CC6CCC(C5)N6Cc5ccccc5)nc(OC[C@@]56CCCN5C[C@H](F)C6)nc4c3F)c12)(C(C)C)C(C)C. The van der Waals surface area contributed by atoms with E-state index in [1.807, 2.05) is 6.07 Å². The lowest BCUT2D eigenvalue weighted by molar-refractivity contribution is 0.107. The molecule has 2 aromatic heterocycles. The van der Waals surface area contributed by atoms with Crippen molar-refractivity contribution in [3.63, 3.8) is 0 Å². The van der Waals surface area contributed by atoms with Crippen molar-refractivity contribution in [3.8, 4) is 34.5 Å². The highest BCUT2D eigenvalue weighted by Gasteiger charge is 2.50. The molecule has 1 N–H and O–H groups in total. The first-order valence-corrected chi connectivity index (χ1v) is 24.4. The molecule has 2 unspecified atom stereocenters. The van der Waals surface area contributed by atoms with Crippen molar-refractivity contribution in [1.82, 2.24) is 24.8 Å². The smallest absolute Gasteiger partial charge is 0.319 e. The fourth-order valence-electron chi connectivity index (χ4n) is 11.7. The van der Waals surface area contributed by atoms with Crippen molar-refractivity contribution in [2.45, 2.75) is 121 Å². The second kappa shape index (κ2) is 16.2. The first-order valence-electron chi connectivity index (χ1n) is 22.2. The number of benzene rings is 3. The van der Waals surface area contributed by atoms with Crippen LogP contribution in [0.5, 0.6) is 11.8 Å². The topological polar surface area (TPSA) is 77.9 Å². The number of piperazine rings is 1. The molecular formula is C49H57F3N6O2Si. The minimum absolute atomic E-state index is 0.0195. The molecule has 4 saturated heterocycles. The number of rotatable bonds is 10. The number of halogens is 3. The van der Waals surface area contributed by atoms with Crippen LogP contribution in [0.3, 0.4) is 0 Å². The maximum Gasteiger partial charge on any atom is 0.319 e. The standard InChI is InChI=1S/C49H57F3N6O2Si/c1-30(2)61(31(3)4,32(5)6)20-17-39-42(51)16-13-34-21-38(59)22-40(43(34)39)45-44(52)46-41(24-53-45)47(55-48(54-46)60-29-49-18-10-19-57(49)26-35(50)23-49)56-27-36-14-15-37(28-56)58(36)25-33-11-8-7-9-12-33/h7-9,11-13,16,21-22,24,30-32,35-37,59H,10,14-15,18-19,23,25-29H2,1-6H3/t35-,36?,37?,49+/m1/s1. The van der Waals surface area contributed by atoms with Gasteiger partial charge in [-0.15, -0.1) is 5.54 Å². The number of fused-ring (bicyclic) bond motifs is 5. The van der Waals surface area contributed by atoms with E-state index in [0.717, 1.165) is 38.8 Å². The van der Waals surface area contributed by atoms with E-state index in [9.17, 15) is 9.50 Å². The molecule has 12 heteroatoms. The predicted octanol–water partition coefficient (Wildman–Crippen LogP) is 10.2.